The molecule has 0 unspecified atom stereocenters. The summed E-state index contributed by atoms with van der Waals surface area (Å²) >= 11 is 6.55. The molecule has 0 radical (unpaired) electrons. The number of benzene rings is 1. The van der Waals surface area contributed by atoms with Gasteiger partial charge in [-0.3, -0.25) is 0 Å². The van der Waals surface area contributed by atoms with Crippen molar-refractivity contribution in [1.82, 2.24) is 24.9 Å². The number of rotatable bonds is 7. The van der Waals surface area contributed by atoms with Crippen LogP contribution in [-0.2, 0) is 0 Å². The molecule has 0 spiro atoms. The number of nitrogens with one attached hydrogen (secondary N) is 2. The molecule has 0 amide bonds. The van der Waals surface area contributed by atoms with Crippen LogP contribution in [0.1, 0.15) is 27.2 Å². The average molecular weight is 477 g/mol. The Hall–Kier alpha value is -3.98. The van der Waals surface area contributed by atoms with E-state index in [-0.39, 0.29) is 0 Å². The van der Waals surface area contributed by atoms with E-state index in [0.717, 1.165) is 17.8 Å². The second-order valence-corrected chi connectivity index (χ2v) is 7.78. The SMILES string of the molecule is C/C=N\N1C=CC(Oc2ccc(Nc3ncnc4cnc(NC)nc34)cc2Cl)=CC1=C(C)CC. The third kappa shape index (κ3) is 4.99. The lowest BCUT2D eigenvalue weighted by molar-refractivity contribution is 0.421. The van der Waals surface area contributed by atoms with Gasteiger partial charge in [0.25, 0.3) is 0 Å². The first-order valence-corrected chi connectivity index (χ1v) is 11.2. The van der Waals surface area contributed by atoms with Gasteiger partial charge in [0, 0.05) is 31.2 Å². The summed E-state index contributed by atoms with van der Waals surface area (Å²) in [6, 6.07) is 5.45. The molecule has 174 valence electrons. The van der Waals surface area contributed by atoms with Gasteiger partial charge in [0.05, 0.1) is 16.9 Å². The van der Waals surface area contributed by atoms with Crippen molar-refractivity contribution in [3.05, 3.63) is 71.1 Å². The van der Waals surface area contributed by atoms with Gasteiger partial charge in [-0.2, -0.15) is 5.10 Å². The number of halogens is 1. The lowest BCUT2D eigenvalue weighted by Gasteiger charge is -2.23. The molecule has 34 heavy (non-hydrogen) atoms. The molecule has 3 heterocycles. The molecule has 0 saturated carbocycles. The van der Waals surface area contributed by atoms with Crippen molar-refractivity contribution in [2.75, 3.05) is 17.7 Å². The molecule has 0 aliphatic carbocycles. The van der Waals surface area contributed by atoms with E-state index in [0.29, 0.717) is 39.3 Å². The van der Waals surface area contributed by atoms with E-state index in [1.165, 1.54) is 11.9 Å². The minimum Gasteiger partial charge on any atom is -0.456 e. The first-order chi connectivity index (χ1) is 16.5. The molecule has 0 saturated heterocycles. The van der Waals surface area contributed by atoms with E-state index in [1.54, 1.807) is 25.5 Å². The number of fused-ring (bicyclic) bond motifs is 1. The normalized spacial score (nSPS) is 15.0. The van der Waals surface area contributed by atoms with Crippen LogP contribution < -0.4 is 15.4 Å². The summed E-state index contributed by atoms with van der Waals surface area (Å²) in [7, 11) is 1.75. The first kappa shape index (κ1) is 23.2. The molecular formula is C24H25ClN8O. The van der Waals surface area contributed by atoms with Gasteiger partial charge in [0.1, 0.15) is 28.9 Å². The molecule has 1 aromatic carbocycles. The van der Waals surface area contributed by atoms with E-state index in [2.05, 4.69) is 49.5 Å². The molecule has 2 N–H and O–H groups in total. The molecule has 0 atom stereocenters. The lowest BCUT2D eigenvalue weighted by Crippen LogP contribution is -2.15. The van der Waals surface area contributed by atoms with Crippen molar-refractivity contribution < 1.29 is 4.74 Å². The second-order valence-electron chi connectivity index (χ2n) is 7.37. The fourth-order valence-corrected chi connectivity index (χ4v) is 3.47. The Morgan fingerprint density at radius 2 is 2.12 bits per heavy atom. The number of nitrogens with zero attached hydrogens (tertiary/aromatic N) is 6. The van der Waals surface area contributed by atoms with Gasteiger partial charge in [0.15, 0.2) is 5.82 Å². The van der Waals surface area contributed by atoms with Gasteiger partial charge in [-0.25, -0.2) is 24.9 Å². The highest BCUT2D eigenvalue weighted by Gasteiger charge is 2.15. The summed E-state index contributed by atoms with van der Waals surface area (Å²) in [6.07, 6.45) is 11.4. The van der Waals surface area contributed by atoms with E-state index >= 15 is 0 Å². The first-order valence-electron chi connectivity index (χ1n) is 10.8. The molecule has 0 bridgehead atoms. The van der Waals surface area contributed by atoms with E-state index in [9.17, 15) is 0 Å². The number of allylic oxidation sites excluding steroid dienone is 3. The number of hydrazone groups is 1. The number of hydrogen-bond acceptors (Lipinski definition) is 9. The Morgan fingerprint density at radius 3 is 2.85 bits per heavy atom. The van der Waals surface area contributed by atoms with Crippen molar-refractivity contribution in [1.29, 1.82) is 0 Å². The van der Waals surface area contributed by atoms with Crippen LogP contribution >= 0.6 is 11.6 Å². The maximum Gasteiger partial charge on any atom is 0.223 e. The standard InChI is InChI=1S/C24H25ClN8O/c1-5-15(3)20-12-17(9-10-33(20)30-6-2)34-21-8-7-16(11-18(21)25)31-23-22-19(28-14-29-23)13-27-24(26-4)32-22/h6-14H,5H2,1-4H3,(H,26,27,32)(H,28,29,31)/b20-15?,30-6-. The predicted molar refractivity (Wildman–Crippen MR) is 136 cm³/mol. The summed E-state index contributed by atoms with van der Waals surface area (Å²) in [4.78, 5) is 17.2. The molecule has 4 rings (SSSR count). The third-order valence-electron chi connectivity index (χ3n) is 5.14. The maximum absolute atomic E-state index is 6.55. The predicted octanol–water partition coefficient (Wildman–Crippen LogP) is 5.64. The topological polar surface area (TPSA) is 100 Å². The van der Waals surface area contributed by atoms with Crippen LogP contribution in [0.5, 0.6) is 5.75 Å². The van der Waals surface area contributed by atoms with Crippen LogP contribution in [0, 0.1) is 0 Å². The lowest BCUT2D eigenvalue weighted by atomic mass is 10.1. The molecule has 3 aromatic rings. The fourth-order valence-electron chi connectivity index (χ4n) is 3.25. The highest BCUT2D eigenvalue weighted by atomic mass is 35.5. The summed E-state index contributed by atoms with van der Waals surface area (Å²) in [5.74, 6) is 2.24. The largest absolute Gasteiger partial charge is 0.456 e. The quantitative estimate of drug-likeness (QED) is 0.422. The zero-order chi connectivity index (χ0) is 24.1. The van der Waals surface area contributed by atoms with Crippen LogP contribution in [0.4, 0.5) is 17.5 Å². The van der Waals surface area contributed by atoms with E-state index in [1.807, 2.05) is 42.4 Å². The van der Waals surface area contributed by atoms with Crippen molar-refractivity contribution in [2.24, 2.45) is 5.10 Å². The monoisotopic (exact) mass is 476 g/mol. The Bertz CT molecular complexity index is 1330. The summed E-state index contributed by atoms with van der Waals surface area (Å²) in [5, 5.41) is 12.8. The Balaban J connectivity index is 1.57. The number of ether oxygens (including phenoxy) is 1. The summed E-state index contributed by atoms with van der Waals surface area (Å²) in [6.45, 7) is 6.07. The van der Waals surface area contributed by atoms with Crippen LogP contribution in [0.3, 0.4) is 0 Å². The Morgan fingerprint density at radius 1 is 1.26 bits per heavy atom. The van der Waals surface area contributed by atoms with Gasteiger partial charge < -0.3 is 15.4 Å². The molecule has 1 aliphatic rings. The van der Waals surface area contributed by atoms with Crippen molar-refractivity contribution in [3.63, 3.8) is 0 Å². The van der Waals surface area contributed by atoms with Gasteiger partial charge in [-0.15, -0.1) is 0 Å². The van der Waals surface area contributed by atoms with Crippen LogP contribution in [0.2, 0.25) is 5.02 Å². The molecule has 10 heteroatoms. The van der Waals surface area contributed by atoms with Gasteiger partial charge in [0.2, 0.25) is 5.95 Å². The highest BCUT2D eigenvalue weighted by Crippen LogP contribution is 2.32. The molecule has 0 fully saturated rings. The van der Waals surface area contributed by atoms with Gasteiger partial charge >= 0.3 is 0 Å². The highest BCUT2D eigenvalue weighted by molar-refractivity contribution is 6.32. The molecule has 2 aromatic heterocycles. The third-order valence-corrected chi connectivity index (χ3v) is 5.43. The van der Waals surface area contributed by atoms with Crippen LogP contribution in [-0.4, -0.2) is 38.2 Å². The summed E-state index contributed by atoms with van der Waals surface area (Å²) < 4.78 is 6.09. The number of aromatic nitrogens is 4. The summed E-state index contributed by atoms with van der Waals surface area (Å²) in [5.41, 5.74) is 4.14. The number of anilines is 3. The molecule has 1 aliphatic heterocycles. The maximum atomic E-state index is 6.55. The van der Waals surface area contributed by atoms with E-state index in [4.69, 9.17) is 16.3 Å². The Kier molecular flexibility index (Phi) is 7.03. The smallest absolute Gasteiger partial charge is 0.223 e. The minimum absolute atomic E-state index is 0.454. The van der Waals surface area contributed by atoms with Gasteiger partial charge in [-0.05, 0) is 50.1 Å². The van der Waals surface area contributed by atoms with Crippen LogP contribution in [0.25, 0.3) is 11.0 Å². The van der Waals surface area contributed by atoms with Crippen molar-refractivity contribution in [3.8, 4) is 5.75 Å². The fraction of sp³-hybridized carbons (Fsp3) is 0.208. The molecular weight excluding hydrogens is 452 g/mol. The number of hydrogen-bond donors (Lipinski definition) is 2. The van der Waals surface area contributed by atoms with Crippen LogP contribution in [0.15, 0.2) is 71.2 Å². The van der Waals surface area contributed by atoms with Crippen molar-refractivity contribution >= 4 is 46.3 Å². The average Bonchev–Trinajstić information content (AvgIpc) is 2.86. The Labute approximate surface area is 202 Å². The minimum atomic E-state index is 0.454. The zero-order valence-electron chi connectivity index (χ0n) is 19.4. The van der Waals surface area contributed by atoms with Crippen molar-refractivity contribution in [2.45, 2.75) is 27.2 Å². The molecule has 9 nitrogen and oxygen atoms in total. The van der Waals surface area contributed by atoms with E-state index < -0.39 is 0 Å². The van der Waals surface area contributed by atoms with Gasteiger partial charge in [-0.1, -0.05) is 18.5 Å². The zero-order valence-corrected chi connectivity index (χ0v) is 20.1. The second kappa shape index (κ2) is 10.3.